The third-order valence-electron chi connectivity index (χ3n) is 5.63. The molecule has 5 aromatic rings. The Bertz CT molecular complexity index is 1730. The monoisotopic (exact) mass is 576 g/mol. The molecule has 0 radical (unpaired) electrons. The van der Waals surface area contributed by atoms with E-state index in [0.29, 0.717) is 38.8 Å². The van der Waals surface area contributed by atoms with Crippen LogP contribution in [0.4, 0.5) is 24.8 Å². The summed E-state index contributed by atoms with van der Waals surface area (Å²) < 4.78 is 45.8. The van der Waals surface area contributed by atoms with E-state index in [2.05, 4.69) is 35.7 Å². The first-order valence-corrected chi connectivity index (χ1v) is 11.9. The van der Waals surface area contributed by atoms with Crippen molar-refractivity contribution >= 4 is 51.8 Å². The molecule has 200 valence electrons. The SMILES string of the molecule is Cn1/c(=N\c2cccc(OC(F)(F)F)c2)n(Cc2ccc(C(=O)Nc3nnn[nH]3)cc2)c2cc(Cl)c(Cl)cc21. The van der Waals surface area contributed by atoms with Crippen LogP contribution in [0, 0.1) is 0 Å². The Morgan fingerprint density at radius 2 is 1.79 bits per heavy atom. The number of aromatic nitrogens is 6. The largest absolute Gasteiger partial charge is 0.573 e. The molecular formula is C24H17Cl2F3N8O2. The van der Waals surface area contributed by atoms with Crippen molar-refractivity contribution in [3.8, 4) is 5.75 Å². The summed E-state index contributed by atoms with van der Waals surface area (Å²) in [5, 5.41) is 16.1. The van der Waals surface area contributed by atoms with E-state index >= 15 is 0 Å². The summed E-state index contributed by atoms with van der Waals surface area (Å²) in [6, 6.07) is 15.5. The molecule has 5 rings (SSSR count). The van der Waals surface area contributed by atoms with Crippen LogP contribution in [0.25, 0.3) is 11.0 Å². The fourth-order valence-corrected chi connectivity index (χ4v) is 4.22. The highest BCUT2D eigenvalue weighted by molar-refractivity contribution is 6.42. The lowest BCUT2D eigenvalue weighted by Gasteiger charge is -2.09. The number of benzene rings is 3. The lowest BCUT2D eigenvalue weighted by Crippen LogP contribution is -2.24. The number of hydrogen-bond donors (Lipinski definition) is 2. The molecule has 1 amide bonds. The van der Waals surface area contributed by atoms with Gasteiger partial charge in [0.15, 0.2) is 0 Å². The Morgan fingerprint density at radius 3 is 2.46 bits per heavy atom. The molecule has 2 heterocycles. The Labute approximate surface area is 227 Å². The fraction of sp³-hybridized carbons (Fsp3) is 0.125. The first-order chi connectivity index (χ1) is 18.6. The zero-order valence-corrected chi connectivity index (χ0v) is 21.4. The average molecular weight is 577 g/mol. The van der Waals surface area contributed by atoms with E-state index in [1.807, 2.05) is 4.57 Å². The highest BCUT2D eigenvalue weighted by Crippen LogP contribution is 2.29. The van der Waals surface area contributed by atoms with Crippen molar-refractivity contribution in [1.29, 1.82) is 0 Å². The fourth-order valence-electron chi connectivity index (χ4n) is 3.90. The summed E-state index contributed by atoms with van der Waals surface area (Å²) in [7, 11) is 1.75. The number of nitrogens with zero attached hydrogens (tertiary/aromatic N) is 6. The summed E-state index contributed by atoms with van der Waals surface area (Å²) >= 11 is 12.6. The lowest BCUT2D eigenvalue weighted by molar-refractivity contribution is -0.274. The molecule has 0 atom stereocenters. The molecule has 39 heavy (non-hydrogen) atoms. The van der Waals surface area contributed by atoms with Gasteiger partial charge in [-0.15, -0.1) is 13.2 Å². The van der Waals surface area contributed by atoms with Gasteiger partial charge >= 0.3 is 6.36 Å². The quantitative estimate of drug-likeness (QED) is 0.287. The Kier molecular flexibility index (Phi) is 7.02. The lowest BCUT2D eigenvalue weighted by atomic mass is 10.1. The van der Waals surface area contributed by atoms with E-state index in [9.17, 15) is 18.0 Å². The molecule has 0 aliphatic carbocycles. The number of amides is 1. The van der Waals surface area contributed by atoms with Crippen molar-refractivity contribution in [3.05, 3.63) is 87.5 Å². The smallest absolute Gasteiger partial charge is 0.406 e. The van der Waals surface area contributed by atoms with Crippen LogP contribution in [-0.4, -0.2) is 42.0 Å². The summed E-state index contributed by atoms with van der Waals surface area (Å²) in [6.45, 7) is 0.292. The standard InChI is InChI=1S/C24H17Cl2F3N8O2/c1-36-19-10-17(25)18(26)11-20(19)37(23(36)30-15-3-2-4-16(9-15)39-24(27,28)29)12-13-5-7-14(8-6-13)21(38)31-22-32-34-35-33-22/h2-11H,12H2,1H3,(H2,31,32,33,34,35,38)/b30-23+. The van der Waals surface area contributed by atoms with Gasteiger partial charge < -0.3 is 13.9 Å². The number of aryl methyl sites for hydroxylation is 1. The summed E-state index contributed by atoms with van der Waals surface area (Å²) in [6.07, 6.45) is -4.83. The molecule has 15 heteroatoms. The highest BCUT2D eigenvalue weighted by Gasteiger charge is 2.31. The molecule has 10 nitrogen and oxygen atoms in total. The van der Waals surface area contributed by atoms with E-state index in [4.69, 9.17) is 23.2 Å². The average Bonchev–Trinajstić information content (AvgIpc) is 3.47. The number of ether oxygens (including phenoxy) is 1. The van der Waals surface area contributed by atoms with Crippen LogP contribution in [0.1, 0.15) is 15.9 Å². The molecule has 3 aromatic carbocycles. The van der Waals surface area contributed by atoms with Gasteiger partial charge in [0.25, 0.3) is 5.91 Å². The molecule has 0 spiro atoms. The third kappa shape index (κ3) is 5.89. The van der Waals surface area contributed by atoms with E-state index in [0.717, 1.165) is 5.56 Å². The predicted molar refractivity (Wildman–Crippen MR) is 137 cm³/mol. The first-order valence-electron chi connectivity index (χ1n) is 11.2. The van der Waals surface area contributed by atoms with Gasteiger partial charge in [-0.25, -0.2) is 10.1 Å². The van der Waals surface area contributed by atoms with Gasteiger partial charge in [0, 0.05) is 18.7 Å². The number of aromatic amines is 1. The molecule has 0 saturated carbocycles. The zero-order chi connectivity index (χ0) is 27.7. The maximum absolute atomic E-state index is 12.7. The van der Waals surface area contributed by atoms with Crippen molar-refractivity contribution in [2.45, 2.75) is 12.9 Å². The maximum Gasteiger partial charge on any atom is 0.573 e. The highest BCUT2D eigenvalue weighted by atomic mass is 35.5. The minimum absolute atomic E-state index is 0.113. The molecular weight excluding hydrogens is 560 g/mol. The number of halogens is 5. The maximum atomic E-state index is 12.7. The van der Waals surface area contributed by atoms with Crippen molar-refractivity contribution in [1.82, 2.24) is 29.8 Å². The number of anilines is 1. The van der Waals surface area contributed by atoms with Crippen molar-refractivity contribution in [2.24, 2.45) is 12.0 Å². The summed E-state index contributed by atoms with van der Waals surface area (Å²) in [4.78, 5) is 17.1. The van der Waals surface area contributed by atoms with Gasteiger partial charge in [0.2, 0.25) is 11.6 Å². The van der Waals surface area contributed by atoms with Crippen LogP contribution in [-0.2, 0) is 13.6 Å². The minimum atomic E-state index is -4.83. The number of carbonyl (C=O) groups excluding carboxylic acids is 1. The Balaban J connectivity index is 1.54. The van der Waals surface area contributed by atoms with E-state index in [-0.39, 0.29) is 11.6 Å². The molecule has 0 unspecified atom stereocenters. The van der Waals surface area contributed by atoms with Crippen LogP contribution in [0.5, 0.6) is 5.75 Å². The normalized spacial score (nSPS) is 12.2. The third-order valence-corrected chi connectivity index (χ3v) is 6.35. The van der Waals surface area contributed by atoms with Gasteiger partial charge in [-0.3, -0.25) is 10.1 Å². The second-order valence-electron chi connectivity index (χ2n) is 8.26. The molecule has 0 bridgehead atoms. The van der Waals surface area contributed by atoms with E-state index < -0.39 is 18.0 Å². The number of hydrogen-bond acceptors (Lipinski definition) is 6. The molecule has 0 aliphatic rings. The van der Waals surface area contributed by atoms with Crippen molar-refractivity contribution in [2.75, 3.05) is 5.32 Å². The Morgan fingerprint density at radius 1 is 1.08 bits per heavy atom. The van der Waals surface area contributed by atoms with Crippen molar-refractivity contribution in [3.63, 3.8) is 0 Å². The van der Waals surface area contributed by atoms with Gasteiger partial charge in [-0.05, 0) is 52.4 Å². The molecule has 0 saturated heterocycles. The number of rotatable bonds is 6. The molecule has 2 N–H and O–H groups in total. The number of alkyl halides is 3. The van der Waals surface area contributed by atoms with Gasteiger partial charge in [0.05, 0.1) is 33.3 Å². The molecule has 0 fully saturated rings. The van der Waals surface area contributed by atoms with Gasteiger partial charge in [-0.1, -0.05) is 46.5 Å². The number of tetrazole rings is 1. The molecule has 2 aromatic heterocycles. The second-order valence-corrected chi connectivity index (χ2v) is 9.07. The number of imidazole rings is 1. The Hall–Kier alpha value is -4.36. The number of H-pyrrole nitrogens is 1. The van der Waals surface area contributed by atoms with E-state index in [1.54, 1.807) is 54.1 Å². The predicted octanol–water partition coefficient (Wildman–Crippen LogP) is 5.23. The zero-order valence-electron chi connectivity index (χ0n) is 19.9. The second kappa shape index (κ2) is 10.4. The topological polar surface area (TPSA) is 115 Å². The van der Waals surface area contributed by atoms with Crippen LogP contribution in [0.3, 0.4) is 0 Å². The van der Waals surface area contributed by atoms with Gasteiger partial charge in [-0.2, -0.15) is 0 Å². The number of carbonyl (C=O) groups is 1. The molecule has 0 aliphatic heterocycles. The van der Waals surface area contributed by atoms with Gasteiger partial charge in [0.1, 0.15) is 5.75 Å². The number of nitrogens with one attached hydrogen (secondary N) is 2. The van der Waals surface area contributed by atoms with Crippen LogP contribution >= 0.6 is 23.2 Å². The van der Waals surface area contributed by atoms with Crippen LogP contribution in [0.15, 0.2) is 65.7 Å². The summed E-state index contributed by atoms with van der Waals surface area (Å²) in [5.41, 5.74) is 3.21. The summed E-state index contributed by atoms with van der Waals surface area (Å²) in [5.74, 6) is -0.687. The van der Waals surface area contributed by atoms with Crippen LogP contribution in [0.2, 0.25) is 10.0 Å². The minimum Gasteiger partial charge on any atom is -0.406 e. The number of fused-ring (bicyclic) bond motifs is 1. The van der Waals surface area contributed by atoms with E-state index in [1.165, 1.54) is 18.2 Å². The van der Waals surface area contributed by atoms with Crippen molar-refractivity contribution < 1.29 is 22.7 Å². The first kappa shape index (κ1) is 26.3. The van der Waals surface area contributed by atoms with Crippen LogP contribution < -0.4 is 15.7 Å².